The van der Waals surface area contributed by atoms with E-state index >= 15 is 0 Å². The minimum absolute atomic E-state index is 0.0449. The maximum absolute atomic E-state index is 12.6. The van der Waals surface area contributed by atoms with Crippen molar-refractivity contribution < 1.29 is 19.4 Å². The summed E-state index contributed by atoms with van der Waals surface area (Å²) in [7, 11) is 1.74. The summed E-state index contributed by atoms with van der Waals surface area (Å²) < 4.78 is 5.67. The lowest BCUT2D eigenvalue weighted by Crippen LogP contribution is -2.50. The van der Waals surface area contributed by atoms with E-state index in [-0.39, 0.29) is 18.7 Å². The number of aryl methyl sites for hydroxylation is 2. The number of anilines is 1. The van der Waals surface area contributed by atoms with Gasteiger partial charge in [-0.05, 0) is 32.7 Å². The van der Waals surface area contributed by atoms with Gasteiger partial charge in [0.15, 0.2) is 5.13 Å². The fourth-order valence-electron chi connectivity index (χ4n) is 3.41. The molecule has 26 heavy (non-hydrogen) atoms. The molecule has 1 saturated heterocycles. The molecule has 8 nitrogen and oxygen atoms in total. The molecule has 2 N–H and O–H groups in total. The largest absolute Gasteiger partial charge is 0.480 e. The second kappa shape index (κ2) is 8.79. The maximum Gasteiger partial charge on any atom is 0.323 e. The highest BCUT2D eigenvalue weighted by Crippen LogP contribution is 2.29. The van der Waals surface area contributed by atoms with Crippen LogP contribution in [0, 0.1) is 0 Å². The van der Waals surface area contributed by atoms with E-state index in [1.165, 1.54) is 24.1 Å². The quantitative estimate of drug-likeness (QED) is 0.752. The van der Waals surface area contributed by atoms with Crippen molar-refractivity contribution in [1.29, 1.82) is 0 Å². The average molecular weight is 382 g/mol. The first-order valence-corrected chi connectivity index (χ1v) is 9.89. The number of aromatic nitrogens is 1. The van der Waals surface area contributed by atoms with Gasteiger partial charge in [-0.3, -0.25) is 15.0 Å². The van der Waals surface area contributed by atoms with E-state index in [1.807, 2.05) is 0 Å². The number of aliphatic carboxylic acids is 1. The van der Waals surface area contributed by atoms with Crippen molar-refractivity contribution >= 4 is 28.5 Å². The van der Waals surface area contributed by atoms with Gasteiger partial charge in [-0.1, -0.05) is 6.42 Å². The van der Waals surface area contributed by atoms with Crippen molar-refractivity contribution in [2.24, 2.45) is 0 Å². The number of rotatable bonds is 5. The van der Waals surface area contributed by atoms with Gasteiger partial charge in [0.1, 0.15) is 0 Å². The molecule has 0 aromatic carbocycles. The van der Waals surface area contributed by atoms with E-state index in [1.54, 1.807) is 28.2 Å². The predicted molar refractivity (Wildman–Crippen MR) is 98.8 cm³/mol. The van der Waals surface area contributed by atoms with E-state index in [0.717, 1.165) is 18.5 Å². The lowest BCUT2D eigenvalue weighted by Gasteiger charge is -2.34. The molecular formula is C17H26N4O4S. The standard InChI is InChI=1S/C17H26N4O4S/c1-20(11-15(22)23)9-12-10-21(7-8-25-12)17(24)19-16-18-13-5-3-2-4-6-14(13)26-16/h12H,2-11H2,1H3,(H,22,23)(H,18,19,24). The molecule has 2 aliphatic rings. The molecular weight excluding hydrogens is 356 g/mol. The molecule has 1 fully saturated rings. The van der Waals surface area contributed by atoms with Crippen molar-refractivity contribution in [3.63, 3.8) is 0 Å². The van der Waals surface area contributed by atoms with E-state index in [4.69, 9.17) is 9.84 Å². The van der Waals surface area contributed by atoms with Gasteiger partial charge in [-0.2, -0.15) is 0 Å². The molecule has 0 spiro atoms. The lowest BCUT2D eigenvalue weighted by atomic mass is 10.2. The van der Waals surface area contributed by atoms with E-state index in [0.29, 0.717) is 31.4 Å². The Kier molecular flexibility index (Phi) is 6.44. The van der Waals surface area contributed by atoms with Gasteiger partial charge in [-0.15, -0.1) is 11.3 Å². The molecule has 144 valence electrons. The number of carboxylic acid groups (broad SMARTS) is 1. The second-order valence-electron chi connectivity index (χ2n) is 6.91. The summed E-state index contributed by atoms with van der Waals surface area (Å²) in [6.07, 6.45) is 5.47. The van der Waals surface area contributed by atoms with Crippen molar-refractivity contribution in [3.8, 4) is 0 Å². The summed E-state index contributed by atoms with van der Waals surface area (Å²) in [5, 5.41) is 12.4. The number of carbonyl (C=O) groups is 2. The number of amides is 2. The molecule has 2 heterocycles. The van der Waals surface area contributed by atoms with E-state index in [9.17, 15) is 9.59 Å². The van der Waals surface area contributed by atoms with Crippen LogP contribution in [-0.4, -0.2) is 77.8 Å². The minimum Gasteiger partial charge on any atom is -0.480 e. The molecule has 1 aliphatic heterocycles. The number of nitrogens with zero attached hydrogens (tertiary/aromatic N) is 3. The number of hydrogen-bond acceptors (Lipinski definition) is 6. The fraction of sp³-hybridized carbons (Fsp3) is 0.706. The molecule has 0 bridgehead atoms. The predicted octanol–water partition coefficient (Wildman–Crippen LogP) is 1.66. The highest BCUT2D eigenvalue weighted by Gasteiger charge is 2.26. The van der Waals surface area contributed by atoms with Crippen molar-refractivity contribution in [1.82, 2.24) is 14.8 Å². The number of urea groups is 1. The summed E-state index contributed by atoms with van der Waals surface area (Å²) in [6.45, 7) is 1.85. The molecule has 3 rings (SSSR count). The number of morpholine rings is 1. The topological polar surface area (TPSA) is 95.0 Å². The number of thiazole rings is 1. The third-order valence-corrected chi connectivity index (χ3v) is 5.73. The summed E-state index contributed by atoms with van der Waals surface area (Å²) in [5.74, 6) is -0.874. The third kappa shape index (κ3) is 5.15. The van der Waals surface area contributed by atoms with E-state index < -0.39 is 5.97 Å². The molecule has 2 amide bonds. The van der Waals surface area contributed by atoms with Crippen LogP contribution in [0.25, 0.3) is 0 Å². The number of nitrogens with one attached hydrogen (secondary N) is 1. The normalized spacial score (nSPS) is 20.5. The van der Waals surface area contributed by atoms with Crippen LogP contribution < -0.4 is 5.32 Å². The summed E-state index contributed by atoms with van der Waals surface area (Å²) in [4.78, 5) is 32.6. The van der Waals surface area contributed by atoms with Crippen LogP contribution in [0.4, 0.5) is 9.93 Å². The summed E-state index contributed by atoms with van der Waals surface area (Å²) in [5.41, 5.74) is 1.14. The highest BCUT2D eigenvalue weighted by atomic mass is 32.1. The third-order valence-electron chi connectivity index (χ3n) is 4.66. The summed E-state index contributed by atoms with van der Waals surface area (Å²) in [6, 6.07) is -0.164. The average Bonchev–Trinajstić information content (AvgIpc) is 2.82. The SMILES string of the molecule is CN(CC(=O)O)CC1CN(C(=O)Nc2nc3c(s2)CCCCC3)CCO1. The zero-order valence-corrected chi connectivity index (χ0v) is 15.9. The zero-order chi connectivity index (χ0) is 18.5. The molecule has 1 unspecified atom stereocenters. The van der Waals surface area contributed by atoms with Crippen LogP contribution in [0.1, 0.15) is 29.8 Å². The zero-order valence-electron chi connectivity index (χ0n) is 15.1. The molecule has 0 saturated carbocycles. The number of fused-ring (bicyclic) bond motifs is 1. The van der Waals surface area contributed by atoms with Gasteiger partial charge < -0.3 is 14.7 Å². The highest BCUT2D eigenvalue weighted by molar-refractivity contribution is 7.15. The summed E-state index contributed by atoms with van der Waals surface area (Å²) >= 11 is 1.58. The first-order valence-electron chi connectivity index (χ1n) is 9.07. The fourth-order valence-corrected chi connectivity index (χ4v) is 4.45. The Morgan fingerprint density at radius 1 is 1.38 bits per heavy atom. The van der Waals surface area contributed by atoms with Crippen LogP contribution in [-0.2, 0) is 22.4 Å². The van der Waals surface area contributed by atoms with Gasteiger partial charge in [0.25, 0.3) is 0 Å². The number of carbonyl (C=O) groups excluding carboxylic acids is 1. The molecule has 1 aromatic rings. The Bertz CT molecular complexity index is 627. The molecule has 1 atom stereocenters. The van der Waals surface area contributed by atoms with Gasteiger partial charge in [-0.25, -0.2) is 9.78 Å². The minimum atomic E-state index is -0.874. The van der Waals surface area contributed by atoms with E-state index in [2.05, 4.69) is 10.3 Å². The van der Waals surface area contributed by atoms with Crippen molar-refractivity contribution in [2.75, 3.05) is 45.2 Å². The van der Waals surface area contributed by atoms with Crippen LogP contribution in [0.15, 0.2) is 0 Å². The number of likely N-dealkylation sites (N-methyl/N-ethyl adjacent to an activating group) is 1. The Morgan fingerprint density at radius 3 is 3.00 bits per heavy atom. The lowest BCUT2D eigenvalue weighted by molar-refractivity contribution is -0.138. The van der Waals surface area contributed by atoms with Crippen LogP contribution >= 0.6 is 11.3 Å². The first kappa shape index (κ1) is 19.1. The van der Waals surface area contributed by atoms with Crippen LogP contribution in [0.2, 0.25) is 0 Å². The van der Waals surface area contributed by atoms with Gasteiger partial charge >= 0.3 is 12.0 Å². The Balaban J connectivity index is 1.53. The molecule has 9 heteroatoms. The second-order valence-corrected chi connectivity index (χ2v) is 7.99. The number of hydrogen-bond donors (Lipinski definition) is 2. The Hall–Kier alpha value is -1.71. The smallest absolute Gasteiger partial charge is 0.323 e. The molecule has 1 aromatic heterocycles. The Morgan fingerprint density at radius 2 is 2.19 bits per heavy atom. The number of ether oxygens (including phenoxy) is 1. The molecule has 0 radical (unpaired) electrons. The van der Waals surface area contributed by atoms with Crippen molar-refractivity contribution in [3.05, 3.63) is 10.6 Å². The van der Waals surface area contributed by atoms with Gasteiger partial charge in [0.2, 0.25) is 0 Å². The molecule has 1 aliphatic carbocycles. The van der Waals surface area contributed by atoms with Gasteiger partial charge in [0, 0.05) is 24.5 Å². The van der Waals surface area contributed by atoms with Crippen LogP contribution in [0.5, 0.6) is 0 Å². The van der Waals surface area contributed by atoms with Crippen molar-refractivity contribution in [2.45, 2.75) is 38.2 Å². The maximum atomic E-state index is 12.6. The monoisotopic (exact) mass is 382 g/mol. The first-order chi connectivity index (χ1) is 12.5. The van der Waals surface area contributed by atoms with Crippen LogP contribution in [0.3, 0.4) is 0 Å². The Labute approximate surface area is 157 Å². The number of carboxylic acids is 1. The van der Waals surface area contributed by atoms with Gasteiger partial charge in [0.05, 0.1) is 24.9 Å².